The number of hydrogen-bond donors (Lipinski definition) is 1. The van der Waals surface area contributed by atoms with Gasteiger partial charge in [0.25, 0.3) is 0 Å². The topological polar surface area (TPSA) is 38.5 Å². The molecule has 1 saturated heterocycles. The van der Waals surface area contributed by atoms with Crippen molar-refractivity contribution in [3.8, 4) is 0 Å². The highest BCUT2D eigenvalue weighted by Gasteiger charge is 2.27. The van der Waals surface area contributed by atoms with Crippen molar-refractivity contribution in [2.75, 3.05) is 26.2 Å². The van der Waals surface area contributed by atoms with Crippen LogP contribution in [-0.4, -0.2) is 36.7 Å². The molecule has 0 bridgehead atoms. The summed E-state index contributed by atoms with van der Waals surface area (Å²) in [5, 5.41) is 0.755. The van der Waals surface area contributed by atoms with Crippen LogP contribution in [0.1, 0.15) is 31.9 Å². The van der Waals surface area contributed by atoms with Crippen molar-refractivity contribution < 1.29 is 4.74 Å². The fourth-order valence-corrected chi connectivity index (χ4v) is 2.63. The van der Waals surface area contributed by atoms with Gasteiger partial charge in [0, 0.05) is 30.7 Å². The first-order chi connectivity index (χ1) is 8.96. The number of hydrogen-bond acceptors (Lipinski definition) is 3. The molecule has 1 aliphatic heterocycles. The van der Waals surface area contributed by atoms with Gasteiger partial charge in [0.1, 0.15) is 0 Å². The lowest BCUT2D eigenvalue weighted by Gasteiger charge is -2.38. The maximum absolute atomic E-state index is 6.23. The van der Waals surface area contributed by atoms with Crippen LogP contribution in [0.2, 0.25) is 5.02 Å². The minimum atomic E-state index is -0.0391. The van der Waals surface area contributed by atoms with Crippen LogP contribution in [0.5, 0.6) is 0 Å². The van der Waals surface area contributed by atoms with Gasteiger partial charge in [-0.25, -0.2) is 0 Å². The molecule has 0 saturated carbocycles. The predicted molar refractivity (Wildman–Crippen MR) is 79.5 cm³/mol. The van der Waals surface area contributed by atoms with E-state index in [1.165, 1.54) is 0 Å². The van der Waals surface area contributed by atoms with Crippen molar-refractivity contribution in [3.05, 3.63) is 34.9 Å². The van der Waals surface area contributed by atoms with E-state index in [0.717, 1.165) is 43.2 Å². The molecule has 1 unspecified atom stereocenters. The Kier molecular flexibility index (Phi) is 4.85. The molecule has 1 aliphatic rings. The number of ether oxygens (including phenoxy) is 1. The molecule has 2 rings (SSSR count). The summed E-state index contributed by atoms with van der Waals surface area (Å²) in [6.07, 6.45) is 0.956. The molecule has 1 atom stereocenters. The summed E-state index contributed by atoms with van der Waals surface area (Å²) in [5.74, 6) is 0. The fourth-order valence-electron chi connectivity index (χ4n) is 2.50. The quantitative estimate of drug-likeness (QED) is 0.923. The van der Waals surface area contributed by atoms with E-state index in [2.05, 4.69) is 18.7 Å². The smallest absolute Gasteiger partial charge is 0.0753 e. The molecule has 1 heterocycles. The van der Waals surface area contributed by atoms with E-state index >= 15 is 0 Å². The molecule has 0 aliphatic carbocycles. The van der Waals surface area contributed by atoms with Gasteiger partial charge in [-0.3, -0.25) is 4.90 Å². The Bertz CT molecular complexity index is 405. The van der Waals surface area contributed by atoms with Gasteiger partial charge in [-0.15, -0.1) is 0 Å². The maximum atomic E-state index is 6.23. The van der Waals surface area contributed by atoms with Gasteiger partial charge in [-0.1, -0.05) is 23.7 Å². The molecule has 1 aromatic carbocycles. The lowest BCUT2D eigenvalue weighted by atomic mass is 10.0. The average molecular weight is 283 g/mol. The zero-order valence-corrected chi connectivity index (χ0v) is 12.5. The minimum absolute atomic E-state index is 0.0391. The zero-order valence-electron chi connectivity index (χ0n) is 11.7. The summed E-state index contributed by atoms with van der Waals surface area (Å²) < 4.78 is 5.71. The predicted octanol–water partition coefficient (Wildman–Crippen LogP) is 2.84. The molecule has 19 heavy (non-hydrogen) atoms. The molecular formula is C15H23ClN2O. The van der Waals surface area contributed by atoms with E-state index < -0.39 is 0 Å². The van der Waals surface area contributed by atoms with Crippen molar-refractivity contribution in [3.63, 3.8) is 0 Å². The SMILES string of the molecule is CC1(C)CN(CCC(N)c2ccc(Cl)cc2)CCO1. The van der Waals surface area contributed by atoms with Crippen LogP contribution >= 0.6 is 11.6 Å². The summed E-state index contributed by atoms with van der Waals surface area (Å²) in [4.78, 5) is 2.43. The lowest BCUT2D eigenvalue weighted by molar-refractivity contribution is -0.0863. The Morgan fingerprint density at radius 1 is 1.37 bits per heavy atom. The van der Waals surface area contributed by atoms with Crippen LogP contribution in [0.15, 0.2) is 24.3 Å². The van der Waals surface area contributed by atoms with E-state index in [4.69, 9.17) is 22.1 Å². The second-order valence-corrected chi connectivity index (χ2v) is 6.27. The van der Waals surface area contributed by atoms with Crippen LogP contribution in [0.3, 0.4) is 0 Å². The molecule has 106 valence electrons. The van der Waals surface area contributed by atoms with Crippen molar-refractivity contribution in [1.29, 1.82) is 0 Å². The minimum Gasteiger partial charge on any atom is -0.373 e. The third-order valence-corrected chi connectivity index (χ3v) is 3.81. The Labute approximate surface area is 120 Å². The van der Waals surface area contributed by atoms with Gasteiger partial charge in [-0.2, -0.15) is 0 Å². The second kappa shape index (κ2) is 6.23. The number of nitrogens with two attached hydrogens (primary N) is 1. The highest BCUT2D eigenvalue weighted by atomic mass is 35.5. The number of rotatable bonds is 4. The van der Waals surface area contributed by atoms with Crippen molar-refractivity contribution in [2.45, 2.75) is 31.9 Å². The molecule has 0 radical (unpaired) electrons. The van der Waals surface area contributed by atoms with Crippen LogP contribution in [0.25, 0.3) is 0 Å². The van der Waals surface area contributed by atoms with Crippen molar-refractivity contribution in [2.24, 2.45) is 5.73 Å². The fraction of sp³-hybridized carbons (Fsp3) is 0.600. The zero-order chi connectivity index (χ0) is 13.9. The van der Waals surface area contributed by atoms with E-state index in [1.807, 2.05) is 24.3 Å². The van der Waals surface area contributed by atoms with Gasteiger partial charge in [0.15, 0.2) is 0 Å². The molecule has 2 N–H and O–H groups in total. The molecular weight excluding hydrogens is 260 g/mol. The third-order valence-electron chi connectivity index (χ3n) is 3.56. The Balaban J connectivity index is 1.83. The molecule has 1 fully saturated rings. The Morgan fingerprint density at radius 2 is 2.05 bits per heavy atom. The number of benzene rings is 1. The standard InChI is InChI=1S/C15H23ClN2O/c1-15(2)11-18(9-10-19-15)8-7-14(17)12-3-5-13(16)6-4-12/h3-6,14H,7-11,17H2,1-2H3. The summed E-state index contributed by atoms with van der Waals surface area (Å²) in [6, 6.07) is 7.89. The molecule has 0 spiro atoms. The highest BCUT2D eigenvalue weighted by Crippen LogP contribution is 2.20. The summed E-state index contributed by atoms with van der Waals surface area (Å²) in [7, 11) is 0. The molecule has 4 heteroatoms. The molecule has 0 amide bonds. The van der Waals surface area contributed by atoms with Crippen LogP contribution in [0.4, 0.5) is 0 Å². The van der Waals surface area contributed by atoms with Gasteiger partial charge in [0.2, 0.25) is 0 Å². The van der Waals surface area contributed by atoms with Crippen molar-refractivity contribution in [1.82, 2.24) is 4.90 Å². The first-order valence-electron chi connectivity index (χ1n) is 6.84. The number of morpholine rings is 1. The normalized spacial score (nSPS) is 21.3. The van der Waals surface area contributed by atoms with E-state index in [9.17, 15) is 0 Å². The molecule has 3 nitrogen and oxygen atoms in total. The molecule has 1 aromatic rings. The van der Waals surface area contributed by atoms with Crippen LogP contribution in [0, 0.1) is 0 Å². The summed E-state index contributed by atoms with van der Waals surface area (Å²) >= 11 is 5.88. The van der Waals surface area contributed by atoms with E-state index in [-0.39, 0.29) is 11.6 Å². The number of nitrogens with zero attached hydrogens (tertiary/aromatic N) is 1. The van der Waals surface area contributed by atoms with Crippen LogP contribution in [-0.2, 0) is 4.74 Å². The average Bonchev–Trinajstić information content (AvgIpc) is 2.36. The second-order valence-electron chi connectivity index (χ2n) is 5.83. The first kappa shape index (κ1) is 14.8. The van der Waals surface area contributed by atoms with Gasteiger partial charge in [-0.05, 0) is 38.0 Å². The van der Waals surface area contributed by atoms with E-state index in [1.54, 1.807) is 0 Å². The number of halogens is 1. The third kappa shape index (κ3) is 4.46. The van der Waals surface area contributed by atoms with E-state index in [0.29, 0.717) is 0 Å². The van der Waals surface area contributed by atoms with Crippen molar-refractivity contribution >= 4 is 11.6 Å². The highest BCUT2D eigenvalue weighted by molar-refractivity contribution is 6.30. The van der Waals surface area contributed by atoms with Gasteiger partial charge in [0.05, 0.1) is 12.2 Å². The lowest BCUT2D eigenvalue weighted by Crippen LogP contribution is -2.48. The first-order valence-corrected chi connectivity index (χ1v) is 7.21. The van der Waals surface area contributed by atoms with Gasteiger partial charge >= 0.3 is 0 Å². The van der Waals surface area contributed by atoms with Gasteiger partial charge < -0.3 is 10.5 Å². The largest absolute Gasteiger partial charge is 0.373 e. The Morgan fingerprint density at radius 3 is 2.68 bits per heavy atom. The monoisotopic (exact) mass is 282 g/mol. The maximum Gasteiger partial charge on any atom is 0.0753 e. The summed E-state index contributed by atoms with van der Waals surface area (Å²) in [5.41, 5.74) is 7.34. The Hall–Kier alpha value is -0.610. The van der Waals surface area contributed by atoms with Crippen LogP contribution < -0.4 is 5.73 Å². The summed E-state index contributed by atoms with van der Waals surface area (Å²) in [6.45, 7) is 8.06. The molecule has 0 aromatic heterocycles.